The Balaban J connectivity index is 4.46. The van der Waals surface area contributed by atoms with Crippen molar-refractivity contribution >= 4 is 23.5 Å². The van der Waals surface area contributed by atoms with E-state index >= 15 is 0 Å². The molecule has 4 atom stereocenters. The summed E-state index contributed by atoms with van der Waals surface area (Å²) in [6.07, 6.45) is -3.01. The topological polar surface area (TPSA) is 80.9 Å². The molecule has 0 spiro atoms. The number of aliphatic hydroxyl groups excluding tert-OH is 4. The van der Waals surface area contributed by atoms with Crippen molar-refractivity contribution in [3.63, 3.8) is 0 Å². The minimum Gasteiger partial charge on any atom is -0.394 e. The molecule has 0 aliphatic carbocycles. The molecule has 6 heteroatoms. The van der Waals surface area contributed by atoms with Crippen molar-refractivity contribution in [1.29, 1.82) is 0 Å². The van der Waals surface area contributed by atoms with E-state index in [9.17, 15) is 15.3 Å². The summed E-state index contributed by atoms with van der Waals surface area (Å²) in [4.78, 5) is 0. The molecule has 0 aliphatic rings. The average molecular weight is 284 g/mol. The molecule has 0 rings (SSSR count). The second kappa shape index (κ2) is 9.47. The Morgan fingerprint density at radius 2 is 1.41 bits per heavy atom. The Hall–Kier alpha value is 0.540. The standard InChI is InChI=1S/C11H24O4S2/c1-4-16-11(17-5-2)10(15)7(3)9(14)8(13)6-12/h7-15H,4-6H2,1-3H3. The van der Waals surface area contributed by atoms with Gasteiger partial charge in [0.15, 0.2) is 0 Å². The summed E-state index contributed by atoms with van der Waals surface area (Å²) in [5.41, 5.74) is 0. The molecule has 0 aromatic carbocycles. The molecule has 0 aliphatic heterocycles. The summed E-state index contributed by atoms with van der Waals surface area (Å²) < 4.78 is -0.0134. The molecule has 0 aromatic rings. The largest absolute Gasteiger partial charge is 0.394 e. The fraction of sp³-hybridized carbons (Fsp3) is 1.00. The minimum absolute atomic E-state index is 0.0134. The van der Waals surface area contributed by atoms with E-state index in [-0.39, 0.29) is 4.58 Å². The highest BCUT2D eigenvalue weighted by Crippen LogP contribution is 2.31. The Bertz CT molecular complexity index is 188. The quantitative estimate of drug-likeness (QED) is 0.463. The van der Waals surface area contributed by atoms with E-state index in [2.05, 4.69) is 0 Å². The maximum atomic E-state index is 10.2. The van der Waals surface area contributed by atoms with Crippen molar-refractivity contribution in [1.82, 2.24) is 0 Å². The number of hydrogen-bond donors (Lipinski definition) is 4. The molecule has 4 N–H and O–H groups in total. The lowest BCUT2D eigenvalue weighted by Gasteiger charge is -2.31. The van der Waals surface area contributed by atoms with Crippen LogP contribution in [-0.2, 0) is 0 Å². The van der Waals surface area contributed by atoms with Gasteiger partial charge in [0.1, 0.15) is 6.10 Å². The van der Waals surface area contributed by atoms with Crippen LogP contribution in [0.15, 0.2) is 0 Å². The summed E-state index contributed by atoms with van der Waals surface area (Å²) in [5.74, 6) is 1.31. The highest BCUT2D eigenvalue weighted by Gasteiger charge is 2.32. The Labute approximate surface area is 112 Å². The predicted octanol–water partition coefficient (Wildman–Crippen LogP) is 0.530. The van der Waals surface area contributed by atoms with Crippen LogP contribution in [-0.4, -0.2) is 61.4 Å². The van der Waals surface area contributed by atoms with Crippen molar-refractivity contribution in [3.8, 4) is 0 Å². The lowest BCUT2D eigenvalue weighted by Crippen LogP contribution is -2.43. The van der Waals surface area contributed by atoms with Gasteiger partial charge in [-0.1, -0.05) is 20.8 Å². The van der Waals surface area contributed by atoms with Crippen molar-refractivity contribution in [2.75, 3.05) is 18.1 Å². The second-order valence-electron chi connectivity index (χ2n) is 3.87. The second-order valence-corrected chi connectivity index (χ2v) is 7.00. The molecule has 0 amide bonds. The van der Waals surface area contributed by atoms with Crippen LogP contribution in [0.2, 0.25) is 0 Å². The summed E-state index contributed by atoms with van der Waals surface area (Å²) in [5, 5.41) is 38.1. The third-order valence-corrected chi connectivity index (χ3v) is 5.30. The molecule has 104 valence electrons. The fourth-order valence-electron chi connectivity index (χ4n) is 1.48. The first-order chi connectivity index (χ1) is 7.99. The van der Waals surface area contributed by atoms with E-state index in [1.165, 1.54) is 0 Å². The molecular weight excluding hydrogens is 260 g/mol. The highest BCUT2D eigenvalue weighted by molar-refractivity contribution is 8.17. The highest BCUT2D eigenvalue weighted by atomic mass is 32.2. The van der Waals surface area contributed by atoms with E-state index in [1.807, 2.05) is 13.8 Å². The third-order valence-electron chi connectivity index (χ3n) is 2.60. The van der Waals surface area contributed by atoms with Gasteiger partial charge in [-0.15, -0.1) is 23.5 Å². The van der Waals surface area contributed by atoms with Gasteiger partial charge in [-0.05, 0) is 11.5 Å². The van der Waals surface area contributed by atoms with Gasteiger partial charge in [-0.25, -0.2) is 0 Å². The van der Waals surface area contributed by atoms with Crippen LogP contribution in [0.25, 0.3) is 0 Å². The van der Waals surface area contributed by atoms with Crippen molar-refractivity contribution < 1.29 is 20.4 Å². The molecule has 17 heavy (non-hydrogen) atoms. The Morgan fingerprint density at radius 1 is 0.941 bits per heavy atom. The maximum Gasteiger partial charge on any atom is 0.103 e. The maximum absolute atomic E-state index is 10.2. The van der Waals surface area contributed by atoms with Gasteiger partial charge < -0.3 is 20.4 Å². The predicted molar refractivity (Wildman–Crippen MR) is 74.3 cm³/mol. The van der Waals surface area contributed by atoms with E-state index in [0.29, 0.717) is 0 Å². The van der Waals surface area contributed by atoms with Gasteiger partial charge in [0.2, 0.25) is 0 Å². The first-order valence-electron chi connectivity index (χ1n) is 5.87. The van der Waals surface area contributed by atoms with Gasteiger partial charge in [-0.3, -0.25) is 0 Å². The molecule has 0 heterocycles. The van der Waals surface area contributed by atoms with Crippen molar-refractivity contribution in [2.24, 2.45) is 5.92 Å². The lowest BCUT2D eigenvalue weighted by atomic mass is 9.95. The zero-order valence-corrected chi connectivity index (χ0v) is 12.2. The summed E-state index contributed by atoms with van der Waals surface area (Å²) in [7, 11) is 0. The van der Waals surface area contributed by atoms with E-state index in [0.717, 1.165) is 11.5 Å². The van der Waals surface area contributed by atoms with Gasteiger partial charge >= 0.3 is 0 Å². The zero-order valence-electron chi connectivity index (χ0n) is 10.6. The minimum atomic E-state index is -1.20. The first-order valence-corrected chi connectivity index (χ1v) is 7.97. The van der Waals surface area contributed by atoms with Crippen LogP contribution in [0.3, 0.4) is 0 Å². The van der Waals surface area contributed by atoms with Crippen LogP contribution in [0.4, 0.5) is 0 Å². The SMILES string of the molecule is CCSC(SCC)C(O)C(C)C(O)C(O)CO. The summed E-state index contributed by atoms with van der Waals surface area (Å²) in [6.45, 7) is 5.23. The molecule has 0 radical (unpaired) electrons. The number of thioether (sulfide) groups is 2. The number of hydrogen-bond acceptors (Lipinski definition) is 6. The van der Waals surface area contributed by atoms with Crippen LogP contribution >= 0.6 is 23.5 Å². The van der Waals surface area contributed by atoms with Gasteiger partial charge in [0.05, 0.1) is 23.4 Å². The third kappa shape index (κ3) is 5.81. The smallest absolute Gasteiger partial charge is 0.103 e. The monoisotopic (exact) mass is 284 g/mol. The first kappa shape index (κ1) is 17.5. The molecule has 0 fully saturated rings. The van der Waals surface area contributed by atoms with E-state index < -0.39 is 30.8 Å². The molecule has 4 nitrogen and oxygen atoms in total. The fourth-order valence-corrected chi connectivity index (χ4v) is 4.23. The summed E-state index contributed by atoms with van der Waals surface area (Å²) in [6, 6.07) is 0. The van der Waals surface area contributed by atoms with Crippen LogP contribution in [0, 0.1) is 5.92 Å². The van der Waals surface area contributed by atoms with Crippen LogP contribution in [0.5, 0.6) is 0 Å². The molecule has 0 saturated heterocycles. The van der Waals surface area contributed by atoms with Crippen molar-refractivity contribution in [3.05, 3.63) is 0 Å². The molecule has 0 saturated carbocycles. The van der Waals surface area contributed by atoms with Gasteiger partial charge in [0.25, 0.3) is 0 Å². The summed E-state index contributed by atoms with van der Waals surface area (Å²) >= 11 is 3.26. The average Bonchev–Trinajstić information content (AvgIpc) is 2.34. The van der Waals surface area contributed by atoms with E-state index in [4.69, 9.17) is 5.11 Å². The molecule has 0 aromatic heterocycles. The molecule has 4 unspecified atom stereocenters. The van der Waals surface area contributed by atoms with Crippen molar-refractivity contribution in [2.45, 2.75) is 43.7 Å². The Kier molecular flexibility index (Phi) is 9.77. The molecular formula is C11H24O4S2. The van der Waals surface area contributed by atoms with Crippen LogP contribution < -0.4 is 0 Å². The lowest BCUT2D eigenvalue weighted by molar-refractivity contribution is -0.0657. The number of aliphatic hydroxyl groups is 4. The van der Waals surface area contributed by atoms with Gasteiger partial charge in [0, 0.05) is 5.92 Å². The van der Waals surface area contributed by atoms with Gasteiger partial charge in [-0.2, -0.15) is 0 Å². The Morgan fingerprint density at radius 3 is 1.76 bits per heavy atom. The normalized spacial score (nSPS) is 19.1. The molecule has 0 bridgehead atoms. The zero-order chi connectivity index (χ0) is 13.4. The van der Waals surface area contributed by atoms with E-state index in [1.54, 1.807) is 30.4 Å². The number of rotatable bonds is 9. The van der Waals surface area contributed by atoms with Crippen LogP contribution in [0.1, 0.15) is 20.8 Å².